The summed E-state index contributed by atoms with van der Waals surface area (Å²) in [6.07, 6.45) is 1.84. The van der Waals surface area contributed by atoms with Crippen LogP contribution >= 0.6 is 0 Å². The van der Waals surface area contributed by atoms with Crippen LogP contribution in [0.2, 0.25) is 0 Å². The first-order valence-electron chi connectivity index (χ1n) is 15.5. The minimum atomic E-state index is 0.633. The van der Waals surface area contributed by atoms with E-state index in [0.29, 0.717) is 17.5 Å². The quantitative estimate of drug-likeness (QED) is 0.196. The highest BCUT2D eigenvalue weighted by Gasteiger charge is 2.15. The van der Waals surface area contributed by atoms with Crippen molar-refractivity contribution in [2.24, 2.45) is 0 Å². The van der Waals surface area contributed by atoms with E-state index < -0.39 is 0 Å². The molecule has 6 aromatic carbocycles. The lowest BCUT2D eigenvalue weighted by molar-refractivity contribution is 0.667. The van der Waals surface area contributed by atoms with Gasteiger partial charge in [0.2, 0.25) is 0 Å². The van der Waals surface area contributed by atoms with Crippen molar-refractivity contribution in [3.63, 3.8) is 0 Å². The molecule has 0 aliphatic heterocycles. The van der Waals surface area contributed by atoms with Crippen LogP contribution in [0.25, 0.3) is 89.3 Å². The highest BCUT2D eigenvalue weighted by atomic mass is 16.3. The molecule has 3 aromatic heterocycles. The average Bonchev–Trinajstić information content (AvgIpc) is 3.53. The van der Waals surface area contributed by atoms with Crippen molar-refractivity contribution in [2.45, 2.75) is 0 Å². The van der Waals surface area contributed by atoms with Crippen molar-refractivity contribution in [3.05, 3.63) is 158 Å². The maximum absolute atomic E-state index is 6.06. The maximum Gasteiger partial charge on any atom is 0.164 e. The monoisotopic (exact) mass is 602 g/mol. The molecule has 47 heavy (non-hydrogen) atoms. The second-order valence-corrected chi connectivity index (χ2v) is 11.5. The Labute approximate surface area is 270 Å². The van der Waals surface area contributed by atoms with Crippen molar-refractivity contribution < 1.29 is 4.42 Å². The standard InChI is InChI=1S/C42H26N4O/c1-3-11-28(12-4-1)40-44-41(29-13-5-2-6-14-29)46-42(45-40)30-21-19-27(20-22-30)32-23-31-15-7-8-16-33(31)35(24-32)37-25-36-34-17-9-10-18-38(34)47-39(36)26-43-37/h1-26H. The first kappa shape index (κ1) is 26.9. The lowest BCUT2D eigenvalue weighted by atomic mass is 9.94. The Kier molecular flexibility index (Phi) is 6.39. The fourth-order valence-corrected chi connectivity index (χ4v) is 6.22. The number of aromatic nitrogens is 4. The molecule has 0 N–H and O–H groups in total. The van der Waals surface area contributed by atoms with E-state index in [0.717, 1.165) is 71.8 Å². The molecular weight excluding hydrogens is 576 g/mol. The van der Waals surface area contributed by atoms with E-state index in [1.165, 1.54) is 0 Å². The summed E-state index contributed by atoms with van der Waals surface area (Å²) in [5.41, 5.74) is 8.65. The van der Waals surface area contributed by atoms with E-state index in [-0.39, 0.29) is 0 Å². The maximum atomic E-state index is 6.06. The molecule has 0 fully saturated rings. The number of furan rings is 1. The van der Waals surface area contributed by atoms with Gasteiger partial charge in [-0.05, 0) is 46.2 Å². The molecule has 220 valence electrons. The summed E-state index contributed by atoms with van der Waals surface area (Å²) < 4.78 is 6.06. The summed E-state index contributed by atoms with van der Waals surface area (Å²) in [7, 11) is 0. The molecule has 0 aliphatic rings. The minimum absolute atomic E-state index is 0.633. The number of rotatable bonds is 5. The van der Waals surface area contributed by atoms with E-state index in [1.54, 1.807) is 0 Å². The molecule has 0 aliphatic carbocycles. The summed E-state index contributed by atoms with van der Waals surface area (Å²) in [5.74, 6) is 1.92. The van der Waals surface area contributed by atoms with Crippen LogP contribution in [0.3, 0.4) is 0 Å². The zero-order chi connectivity index (χ0) is 31.2. The zero-order valence-corrected chi connectivity index (χ0v) is 25.2. The SMILES string of the molecule is c1ccc(-c2nc(-c3ccccc3)nc(-c3ccc(-c4cc(-c5cc6c(cn5)oc5ccccc56)c5ccccc5c4)cc3)n2)cc1. The lowest BCUT2D eigenvalue weighted by Gasteiger charge is -2.12. The summed E-state index contributed by atoms with van der Waals surface area (Å²) in [6.45, 7) is 0. The number of benzene rings is 6. The van der Waals surface area contributed by atoms with Gasteiger partial charge in [0.1, 0.15) is 5.58 Å². The van der Waals surface area contributed by atoms with Crippen LogP contribution < -0.4 is 0 Å². The van der Waals surface area contributed by atoms with Crippen molar-refractivity contribution >= 4 is 32.7 Å². The predicted molar refractivity (Wildman–Crippen MR) is 190 cm³/mol. The summed E-state index contributed by atoms with van der Waals surface area (Å²) in [5, 5.41) is 4.46. The smallest absolute Gasteiger partial charge is 0.164 e. The van der Waals surface area contributed by atoms with Gasteiger partial charge in [-0.3, -0.25) is 4.98 Å². The summed E-state index contributed by atoms with van der Waals surface area (Å²) in [6, 6.07) is 51.7. The number of para-hydroxylation sites is 1. The van der Waals surface area contributed by atoms with Gasteiger partial charge in [-0.15, -0.1) is 0 Å². The second kappa shape index (κ2) is 11.2. The Hall–Kier alpha value is -6.46. The number of nitrogens with zero attached hydrogens (tertiary/aromatic N) is 4. The van der Waals surface area contributed by atoms with E-state index in [9.17, 15) is 0 Å². The highest BCUT2D eigenvalue weighted by Crippen LogP contribution is 2.37. The van der Waals surface area contributed by atoms with Crippen LogP contribution in [-0.2, 0) is 0 Å². The Morgan fingerprint density at radius 2 is 0.936 bits per heavy atom. The van der Waals surface area contributed by atoms with Gasteiger partial charge in [-0.2, -0.15) is 0 Å². The van der Waals surface area contributed by atoms with Gasteiger partial charge >= 0.3 is 0 Å². The fourth-order valence-electron chi connectivity index (χ4n) is 6.22. The topological polar surface area (TPSA) is 64.7 Å². The van der Waals surface area contributed by atoms with Crippen molar-refractivity contribution in [1.82, 2.24) is 19.9 Å². The molecule has 0 unspecified atom stereocenters. The molecule has 0 saturated heterocycles. The van der Waals surface area contributed by atoms with Gasteiger partial charge in [-0.25, -0.2) is 15.0 Å². The van der Waals surface area contributed by atoms with Crippen LogP contribution in [0, 0.1) is 0 Å². The van der Waals surface area contributed by atoms with Crippen LogP contribution in [0.15, 0.2) is 162 Å². The summed E-state index contributed by atoms with van der Waals surface area (Å²) >= 11 is 0. The minimum Gasteiger partial charge on any atom is -0.454 e. The normalized spacial score (nSPS) is 11.4. The molecular formula is C42H26N4O. The zero-order valence-electron chi connectivity index (χ0n) is 25.2. The first-order valence-corrected chi connectivity index (χ1v) is 15.5. The first-order chi connectivity index (χ1) is 23.3. The number of pyridine rings is 1. The number of hydrogen-bond donors (Lipinski definition) is 0. The lowest BCUT2D eigenvalue weighted by Crippen LogP contribution is -2.00. The second-order valence-electron chi connectivity index (χ2n) is 11.5. The predicted octanol–water partition coefficient (Wildman–Crippen LogP) is 10.7. The van der Waals surface area contributed by atoms with E-state index in [4.69, 9.17) is 24.4 Å². The van der Waals surface area contributed by atoms with Crippen LogP contribution in [-0.4, -0.2) is 19.9 Å². The molecule has 0 bridgehead atoms. The van der Waals surface area contributed by atoms with Crippen LogP contribution in [0.1, 0.15) is 0 Å². The highest BCUT2D eigenvalue weighted by molar-refractivity contribution is 6.07. The molecule has 9 aromatic rings. The molecule has 0 amide bonds. The van der Waals surface area contributed by atoms with Crippen molar-refractivity contribution in [2.75, 3.05) is 0 Å². The molecule has 0 spiro atoms. The van der Waals surface area contributed by atoms with Crippen molar-refractivity contribution in [1.29, 1.82) is 0 Å². The third kappa shape index (κ3) is 4.91. The summed E-state index contributed by atoms with van der Waals surface area (Å²) in [4.78, 5) is 19.5. The molecule has 0 saturated carbocycles. The van der Waals surface area contributed by atoms with Gasteiger partial charge in [-0.1, -0.05) is 127 Å². The Morgan fingerprint density at radius 1 is 0.383 bits per heavy atom. The van der Waals surface area contributed by atoms with E-state index >= 15 is 0 Å². The molecule has 5 nitrogen and oxygen atoms in total. The van der Waals surface area contributed by atoms with Crippen molar-refractivity contribution in [3.8, 4) is 56.5 Å². The Balaban J connectivity index is 1.14. The van der Waals surface area contributed by atoms with Gasteiger partial charge in [0, 0.05) is 33.0 Å². The van der Waals surface area contributed by atoms with Gasteiger partial charge in [0.15, 0.2) is 23.1 Å². The van der Waals surface area contributed by atoms with E-state index in [2.05, 4.69) is 72.8 Å². The molecule has 5 heteroatoms. The van der Waals surface area contributed by atoms with Gasteiger partial charge in [0.05, 0.1) is 11.9 Å². The Morgan fingerprint density at radius 3 is 1.62 bits per heavy atom. The average molecular weight is 603 g/mol. The van der Waals surface area contributed by atoms with Gasteiger partial charge in [0.25, 0.3) is 0 Å². The van der Waals surface area contributed by atoms with Crippen LogP contribution in [0.5, 0.6) is 0 Å². The van der Waals surface area contributed by atoms with Crippen LogP contribution in [0.4, 0.5) is 0 Å². The van der Waals surface area contributed by atoms with Gasteiger partial charge < -0.3 is 4.42 Å². The third-order valence-electron chi connectivity index (χ3n) is 8.58. The number of hydrogen-bond acceptors (Lipinski definition) is 5. The third-order valence-corrected chi connectivity index (χ3v) is 8.58. The molecule has 9 rings (SSSR count). The fraction of sp³-hybridized carbons (Fsp3) is 0. The molecule has 0 atom stereocenters. The molecule has 0 radical (unpaired) electrons. The number of fused-ring (bicyclic) bond motifs is 4. The molecule has 3 heterocycles. The largest absolute Gasteiger partial charge is 0.454 e. The van der Waals surface area contributed by atoms with E-state index in [1.807, 2.05) is 85.1 Å². The Bertz CT molecular complexity index is 2500.